The number of halogens is 1. The van der Waals surface area contributed by atoms with E-state index < -0.39 is 0 Å². The third-order valence-electron chi connectivity index (χ3n) is 6.02. The van der Waals surface area contributed by atoms with Crippen molar-refractivity contribution in [3.8, 4) is 0 Å². The first-order chi connectivity index (χ1) is 15.9. The van der Waals surface area contributed by atoms with Crippen LogP contribution in [-0.4, -0.2) is 16.4 Å². The SMILES string of the molecule is CCc1cccc(CC)c1/N=C(\C)c1cc(Cl)cc(/C(C)=N/c2c(CC)cccc2CC)n1. The molecule has 3 rings (SSSR count). The second-order valence-corrected chi connectivity index (χ2v) is 8.65. The molecule has 0 aliphatic carbocycles. The van der Waals surface area contributed by atoms with E-state index in [4.69, 9.17) is 26.6 Å². The molecule has 1 aromatic heterocycles. The van der Waals surface area contributed by atoms with Gasteiger partial charge in [-0.1, -0.05) is 75.7 Å². The fourth-order valence-electron chi connectivity index (χ4n) is 4.04. The van der Waals surface area contributed by atoms with Crippen molar-refractivity contribution in [2.24, 2.45) is 9.98 Å². The lowest BCUT2D eigenvalue weighted by molar-refractivity contribution is 1.08. The smallest absolute Gasteiger partial charge is 0.0864 e. The molecule has 0 saturated heterocycles. The summed E-state index contributed by atoms with van der Waals surface area (Å²) in [7, 11) is 0. The molecule has 2 aromatic carbocycles. The number of hydrogen-bond acceptors (Lipinski definition) is 3. The zero-order valence-electron chi connectivity index (χ0n) is 20.7. The third-order valence-corrected chi connectivity index (χ3v) is 6.24. The Kier molecular flexibility index (Phi) is 8.57. The van der Waals surface area contributed by atoms with Gasteiger partial charge in [-0.05, 0) is 73.9 Å². The Hall–Kier alpha value is -2.78. The number of aromatic nitrogens is 1. The van der Waals surface area contributed by atoms with Crippen LogP contribution in [0.1, 0.15) is 75.2 Å². The van der Waals surface area contributed by atoms with Gasteiger partial charge in [-0.2, -0.15) is 0 Å². The van der Waals surface area contributed by atoms with Gasteiger partial charge in [0.2, 0.25) is 0 Å². The molecule has 0 unspecified atom stereocenters. The van der Waals surface area contributed by atoms with Crippen LogP contribution in [0.15, 0.2) is 58.5 Å². The number of hydrogen-bond donors (Lipinski definition) is 0. The maximum absolute atomic E-state index is 6.53. The molecule has 0 spiro atoms. The Morgan fingerprint density at radius 3 is 1.30 bits per heavy atom. The van der Waals surface area contributed by atoms with Crippen molar-refractivity contribution >= 4 is 34.4 Å². The van der Waals surface area contributed by atoms with E-state index in [1.807, 2.05) is 26.0 Å². The molecule has 33 heavy (non-hydrogen) atoms. The summed E-state index contributed by atoms with van der Waals surface area (Å²) in [6.07, 6.45) is 3.76. The first-order valence-electron chi connectivity index (χ1n) is 11.9. The Morgan fingerprint density at radius 2 is 1.00 bits per heavy atom. The minimum atomic E-state index is 0.637. The van der Waals surface area contributed by atoms with Gasteiger partial charge in [-0.25, -0.2) is 4.98 Å². The maximum Gasteiger partial charge on any atom is 0.0864 e. The van der Waals surface area contributed by atoms with Crippen LogP contribution in [0.2, 0.25) is 5.02 Å². The summed E-state index contributed by atoms with van der Waals surface area (Å²) in [6, 6.07) is 16.6. The van der Waals surface area contributed by atoms with E-state index in [1.165, 1.54) is 22.3 Å². The quantitative estimate of drug-likeness (QED) is 0.312. The van der Waals surface area contributed by atoms with E-state index in [0.29, 0.717) is 5.02 Å². The van der Waals surface area contributed by atoms with Crippen LogP contribution in [0.25, 0.3) is 0 Å². The molecule has 0 bridgehead atoms. The van der Waals surface area contributed by atoms with Gasteiger partial charge in [0.05, 0.1) is 34.2 Å². The zero-order chi connectivity index (χ0) is 24.0. The minimum Gasteiger partial charge on any atom is -0.251 e. The predicted molar refractivity (Wildman–Crippen MR) is 143 cm³/mol. The zero-order valence-corrected chi connectivity index (χ0v) is 21.4. The van der Waals surface area contributed by atoms with E-state index in [2.05, 4.69) is 64.1 Å². The van der Waals surface area contributed by atoms with Gasteiger partial charge in [0.15, 0.2) is 0 Å². The molecule has 172 valence electrons. The third kappa shape index (κ3) is 5.78. The Bertz CT molecular complexity index is 1060. The lowest BCUT2D eigenvalue weighted by Gasteiger charge is -2.12. The Labute approximate surface area is 203 Å². The molecule has 4 heteroatoms. The first-order valence-corrected chi connectivity index (χ1v) is 12.3. The Balaban J connectivity index is 2.07. The standard InChI is InChI=1S/C29H34ClN3/c1-7-21-13-11-14-22(8-2)28(21)31-19(5)26-17-25(30)18-27(33-26)20(6)32-29-23(9-3)15-12-16-24(29)10-4/h11-18H,7-10H2,1-6H3/b31-19+,32-20+. The number of pyridine rings is 1. The van der Waals surface area contributed by atoms with Gasteiger partial charge in [-0.15, -0.1) is 0 Å². The van der Waals surface area contributed by atoms with Gasteiger partial charge in [-0.3, -0.25) is 9.98 Å². The van der Waals surface area contributed by atoms with Crippen LogP contribution >= 0.6 is 11.6 Å². The largest absolute Gasteiger partial charge is 0.251 e. The number of benzene rings is 2. The van der Waals surface area contributed by atoms with Gasteiger partial charge >= 0.3 is 0 Å². The Morgan fingerprint density at radius 1 is 0.667 bits per heavy atom. The molecular weight excluding hydrogens is 426 g/mol. The molecular formula is C29H34ClN3. The molecule has 0 aliphatic heterocycles. The second kappa shape index (κ2) is 11.4. The highest BCUT2D eigenvalue weighted by Gasteiger charge is 2.12. The van der Waals surface area contributed by atoms with Crippen LogP contribution in [0, 0.1) is 0 Å². The summed E-state index contributed by atoms with van der Waals surface area (Å²) in [5.74, 6) is 0. The number of aliphatic imine (C=N–C) groups is 2. The van der Waals surface area contributed by atoms with Crippen molar-refractivity contribution < 1.29 is 0 Å². The van der Waals surface area contributed by atoms with E-state index in [1.54, 1.807) is 0 Å². The molecule has 0 atom stereocenters. The molecule has 0 fully saturated rings. The normalized spacial score (nSPS) is 12.3. The lowest BCUT2D eigenvalue weighted by atomic mass is 10.0. The summed E-state index contributed by atoms with van der Waals surface area (Å²) in [5, 5.41) is 0.637. The van der Waals surface area contributed by atoms with Crippen molar-refractivity contribution in [1.82, 2.24) is 4.98 Å². The highest BCUT2D eigenvalue weighted by Crippen LogP contribution is 2.28. The highest BCUT2D eigenvalue weighted by atomic mass is 35.5. The summed E-state index contributed by atoms with van der Waals surface area (Å²) >= 11 is 6.53. The van der Waals surface area contributed by atoms with Crippen LogP contribution < -0.4 is 0 Å². The van der Waals surface area contributed by atoms with Crippen molar-refractivity contribution in [2.45, 2.75) is 67.2 Å². The van der Waals surface area contributed by atoms with E-state index >= 15 is 0 Å². The maximum atomic E-state index is 6.53. The molecule has 1 heterocycles. The second-order valence-electron chi connectivity index (χ2n) is 8.21. The number of para-hydroxylation sites is 2. The fraction of sp³-hybridized carbons (Fsp3) is 0.345. The summed E-state index contributed by atoms with van der Waals surface area (Å²) < 4.78 is 0. The molecule has 3 nitrogen and oxygen atoms in total. The number of nitrogens with zero attached hydrogens (tertiary/aromatic N) is 3. The van der Waals surface area contributed by atoms with Gasteiger partial charge in [0.25, 0.3) is 0 Å². The molecule has 0 radical (unpaired) electrons. The van der Waals surface area contributed by atoms with Crippen molar-refractivity contribution in [1.29, 1.82) is 0 Å². The molecule has 0 N–H and O–H groups in total. The molecule has 0 saturated carbocycles. The van der Waals surface area contributed by atoms with Gasteiger partial charge in [0.1, 0.15) is 0 Å². The minimum absolute atomic E-state index is 0.637. The summed E-state index contributed by atoms with van der Waals surface area (Å²) in [5.41, 5.74) is 10.4. The predicted octanol–water partition coefficient (Wildman–Crippen LogP) is 8.27. The van der Waals surface area contributed by atoms with Crippen LogP contribution in [0.5, 0.6) is 0 Å². The number of aryl methyl sites for hydroxylation is 4. The van der Waals surface area contributed by atoms with Crippen LogP contribution in [0.4, 0.5) is 11.4 Å². The lowest BCUT2D eigenvalue weighted by Crippen LogP contribution is -2.06. The van der Waals surface area contributed by atoms with E-state index in [0.717, 1.165) is 59.9 Å². The van der Waals surface area contributed by atoms with E-state index in [9.17, 15) is 0 Å². The number of rotatable bonds is 8. The molecule has 0 amide bonds. The van der Waals surface area contributed by atoms with Crippen LogP contribution in [0.3, 0.4) is 0 Å². The monoisotopic (exact) mass is 459 g/mol. The first kappa shape index (κ1) is 24.9. The van der Waals surface area contributed by atoms with Crippen molar-refractivity contribution in [3.63, 3.8) is 0 Å². The highest BCUT2D eigenvalue weighted by molar-refractivity contribution is 6.31. The summed E-state index contributed by atoms with van der Waals surface area (Å²) in [6.45, 7) is 12.7. The molecule has 0 aliphatic rings. The van der Waals surface area contributed by atoms with Crippen molar-refractivity contribution in [2.75, 3.05) is 0 Å². The van der Waals surface area contributed by atoms with Gasteiger partial charge in [0, 0.05) is 5.02 Å². The van der Waals surface area contributed by atoms with Gasteiger partial charge < -0.3 is 0 Å². The summed E-state index contributed by atoms with van der Waals surface area (Å²) in [4.78, 5) is 14.9. The van der Waals surface area contributed by atoms with Crippen LogP contribution in [-0.2, 0) is 25.7 Å². The van der Waals surface area contributed by atoms with E-state index in [-0.39, 0.29) is 0 Å². The topological polar surface area (TPSA) is 37.6 Å². The van der Waals surface area contributed by atoms with Crippen molar-refractivity contribution in [3.05, 3.63) is 87.2 Å². The fourth-order valence-corrected chi connectivity index (χ4v) is 4.24. The average Bonchev–Trinajstić information content (AvgIpc) is 2.83. The molecule has 3 aromatic rings. The average molecular weight is 460 g/mol.